The van der Waals surface area contributed by atoms with Crippen molar-refractivity contribution < 1.29 is 13.9 Å². The standard InChI is InChI=1S/C18H16O3.ClH/c1-3-20-18(19)15-11-7-10-14-12(2)16(21-17(14)15)13-8-5-4-6-9-13;/h4-11H,3H2,1-2H3;1H. The van der Waals surface area contributed by atoms with E-state index in [1.165, 1.54) is 0 Å². The van der Waals surface area contributed by atoms with Gasteiger partial charge in [0.1, 0.15) is 16.9 Å². The Morgan fingerprint density at radius 3 is 2.50 bits per heavy atom. The van der Waals surface area contributed by atoms with Gasteiger partial charge in [-0.2, -0.15) is 0 Å². The largest absolute Gasteiger partial charge is 0.462 e. The molecule has 0 aliphatic rings. The van der Waals surface area contributed by atoms with E-state index >= 15 is 0 Å². The molecule has 0 spiro atoms. The maximum absolute atomic E-state index is 12.0. The molecular formula is C18H17ClO3. The Balaban J connectivity index is 0.00000176. The summed E-state index contributed by atoms with van der Waals surface area (Å²) in [5, 5.41) is 0.944. The lowest BCUT2D eigenvalue weighted by Gasteiger charge is -2.01. The second kappa shape index (κ2) is 6.67. The van der Waals surface area contributed by atoms with Gasteiger partial charge in [-0.25, -0.2) is 4.79 Å². The van der Waals surface area contributed by atoms with Crippen LogP contribution in [-0.2, 0) is 4.74 Å². The van der Waals surface area contributed by atoms with Crippen molar-refractivity contribution in [3.8, 4) is 11.3 Å². The molecular weight excluding hydrogens is 300 g/mol. The maximum atomic E-state index is 12.0. The van der Waals surface area contributed by atoms with Gasteiger partial charge >= 0.3 is 5.97 Å². The Morgan fingerprint density at radius 1 is 1.09 bits per heavy atom. The third-order valence-corrected chi connectivity index (χ3v) is 3.50. The fraction of sp³-hybridized carbons (Fsp3) is 0.167. The first kappa shape index (κ1) is 16.1. The fourth-order valence-corrected chi connectivity index (χ4v) is 2.48. The van der Waals surface area contributed by atoms with Crippen LogP contribution in [-0.4, -0.2) is 12.6 Å². The van der Waals surface area contributed by atoms with Gasteiger partial charge in [-0.15, -0.1) is 12.4 Å². The van der Waals surface area contributed by atoms with Gasteiger partial charge in [0.15, 0.2) is 0 Å². The average molecular weight is 317 g/mol. The van der Waals surface area contributed by atoms with Crippen LogP contribution in [0.15, 0.2) is 52.9 Å². The van der Waals surface area contributed by atoms with Crippen LogP contribution in [0, 0.1) is 6.92 Å². The fourth-order valence-electron chi connectivity index (χ4n) is 2.48. The van der Waals surface area contributed by atoms with E-state index in [9.17, 15) is 4.79 Å². The number of fused-ring (bicyclic) bond motifs is 1. The highest BCUT2D eigenvalue weighted by molar-refractivity contribution is 6.04. The molecule has 0 bridgehead atoms. The minimum atomic E-state index is -0.350. The van der Waals surface area contributed by atoms with Crippen molar-refractivity contribution >= 4 is 29.3 Å². The molecule has 1 aromatic heterocycles. The molecule has 0 aliphatic heterocycles. The predicted molar refractivity (Wildman–Crippen MR) is 89.6 cm³/mol. The predicted octanol–water partition coefficient (Wildman–Crippen LogP) is 5.01. The summed E-state index contributed by atoms with van der Waals surface area (Å²) in [6.07, 6.45) is 0. The van der Waals surface area contributed by atoms with Crippen LogP contribution >= 0.6 is 12.4 Å². The zero-order chi connectivity index (χ0) is 14.8. The van der Waals surface area contributed by atoms with E-state index < -0.39 is 0 Å². The molecule has 0 atom stereocenters. The van der Waals surface area contributed by atoms with Gasteiger partial charge in [0, 0.05) is 16.5 Å². The van der Waals surface area contributed by atoms with Gasteiger partial charge < -0.3 is 9.15 Å². The molecule has 3 rings (SSSR count). The number of carbonyl (C=O) groups is 1. The first-order valence-electron chi connectivity index (χ1n) is 6.97. The third-order valence-electron chi connectivity index (χ3n) is 3.50. The van der Waals surface area contributed by atoms with Crippen LogP contribution in [0.3, 0.4) is 0 Å². The molecule has 22 heavy (non-hydrogen) atoms. The summed E-state index contributed by atoms with van der Waals surface area (Å²) in [5.74, 6) is 0.443. The molecule has 0 saturated heterocycles. The van der Waals surface area contributed by atoms with Crippen LogP contribution in [0.1, 0.15) is 22.8 Å². The minimum Gasteiger partial charge on any atom is -0.462 e. The van der Waals surface area contributed by atoms with E-state index in [1.807, 2.05) is 49.4 Å². The Morgan fingerprint density at radius 2 is 1.82 bits per heavy atom. The normalized spacial score (nSPS) is 10.3. The van der Waals surface area contributed by atoms with E-state index in [-0.39, 0.29) is 18.4 Å². The van der Waals surface area contributed by atoms with Crippen LogP contribution in [0.4, 0.5) is 0 Å². The number of carbonyl (C=O) groups excluding carboxylic acids is 1. The lowest BCUT2D eigenvalue weighted by atomic mass is 10.1. The van der Waals surface area contributed by atoms with Gasteiger partial charge in [-0.1, -0.05) is 42.5 Å². The van der Waals surface area contributed by atoms with Gasteiger partial charge in [-0.05, 0) is 19.9 Å². The Hall–Kier alpha value is -2.26. The number of hydrogen-bond acceptors (Lipinski definition) is 3. The maximum Gasteiger partial charge on any atom is 0.341 e. The SMILES string of the molecule is CCOC(=O)c1cccc2c(C)c(-c3ccccc3)oc12.Cl. The topological polar surface area (TPSA) is 39.4 Å². The van der Waals surface area contributed by atoms with Crippen LogP contribution in [0.25, 0.3) is 22.3 Å². The van der Waals surface area contributed by atoms with Crippen molar-refractivity contribution in [1.29, 1.82) is 0 Å². The number of hydrogen-bond donors (Lipinski definition) is 0. The van der Waals surface area contributed by atoms with E-state index in [0.717, 1.165) is 22.3 Å². The summed E-state index contributed by atoms with van der Waals surface area (Å²) in [5.41, 5.74) is 3.09. The average Bonchev–Trinajstić information content (AvgIpc) is 2.86. The number of aryl methyl sites for hydroxylation is 1. The number of para-hydroxylation sites is 1. The minimum absolute atomic E-state index is 0. The number of esters is 1. The number of ether oxygens (including phenoxy) is 1. The monoisotopic (exact) mass is 316 g/mol. The van der Waals surface area contributed by atoms with Crippen molar-refractivity contribution in [2.45, 2.75) is 13.8 Å². The summed E-state index contributed by atoms with van der Waals surface area (Å²) in [4.78, 5) is 12.0. The molecule has 0 fully saturated rings. The van der Waals surface area contributed by atoms with Gasteiger partial charge in [0.2, 0.25) is 0 Å². The summed E-state index contributed by atoms with van der Waals surface area (Å²) < 4.78 is 11.1. The molecule has 3 nitrogen and oxygen atoms in total. The summed E-state index contributed by atoms with van der Waals surface area (Å²) in [6.45, 7) is 4.14. The molecule has 4 heteroatoms. The molecule has 114 valence electrons. The van der Waals surface area contributed by atoms with Gasteiger partial charge in [0.05, 0.1) is 6.61 Å². The van der Waals surface area contributed by atoms with Crippen molar-refractivity contribution in [3.63, 3.8) is 0 Å². The first-order chi connectivity index (χ1) is 10.2. The van der Waals surface area contributed by atoms with Gasteiger partial charge in [0.25, 0.3) is 0 Å². The van der Waals surface area contributed by atoms with Gasteiger partial charge in [-0.3, -0.25) is 0 Å². The van der Waals surface area contributed by atoms with E-state index in [1.54, 1.807) is 13.0 Å². The molecule has 2 aromatic carbocycles. The molecule has 0 unspecified atom stereocenters. The zero-order valence-corrected chi connectivity index (χ0v) is 13.3. The van der Waals surface area contributed by atoms with Crippen LogP contribution in [0.5, 0.6) is 0 Å². The highest BCUT2D eigenvalue weighted by Gasteiger charge is 2.18. The summed E-state index contributed by atoms with van der Waals surface area (Å²) in [7, 11) is 0. The van der Waals surface area contributed by atoms with Crippen LogP contribution in [0.2, 0.25) is 0 Å². The Bertz CT molecular complexity index is 791. The number of furan rings is 1. The lowest BCUT2D eigenvalue weighted by molar-refractivity contribution is 0.0527. The van der Waals surface area contributed by atoms with E-state index in [0.29, 0.717) is 17.8 Å². The summed E-state index contributed by atoms with van der Waals surface area (Å²) >= 11 is 0. The van der Waals surface area contributed by atoms with Crippen molar-refractivity contribution in [2.24, 2.45) is 0 Å². The Labute approximate surface area is 135 Å². The van der Waals surface area contributed by atoms with Crippen molar-refractivity contribution in [3.05, 3.63) is 59.7 Å². The second-order valence-electron chi connectivity index (χ2n) is 4.82. The smallest absolute Gasteiger partial charge is 0.341 e. The molecule has 0 radical (unpaired) electrons. The molecule has 1 heterocycles. The van der Waals surface area contributed by atoms with E-state index in [2.05, 4.69) is 0 Å². The Kier molecular flexibility index (Phi) is 4.88. The van der Waals surface area contributed by atoms with Crippen LogP contribution < -0.4 is 0 Å². The molecule has 3 aromatic rings. The molecule has 0 amide bonds. The highest BCUT2D eigenvalue weighted by Crippen LogP contribution is 2.34. The number of rotatable bonds is 3. The molecule has 0 aliphatic carbocycles. The second-order valence-corrected chi connectivity index (χ2v) is 4.82. The number of benzene rings is 2. The van der Waals surface area contributed by atoms with Crippen molar-refractivity contribution in [1.82, 2.24) is 0 Å². The molecule has 0 N–H and O–H groups in total. The lowest BCUT2D eigenvalue weighted by Crippen LogP contribution is -2.04. The first-order valence-corrected chi connectivity index (χ1v) is 6.97. The molecule has 0 saturated carbocycles. The highest BCUT2D eigenvalue weighted by atomic mass is 35.5. The summed E-state index contributed by atoms with van der Waals surface area (Å²) in [6, 6.07) is 15.4. The van der Waals surface area contributed by atoms with E-state index in [4.69, 9.17) is 9.15 Å². The van der Waals surface area contributed by atoms with Crippen molar-refractivity contribution in [2.75, 3.05) is 6.61 Å². The quantitative estimate of drug-likeness (QED) is 0.638. The number of halogens is 1. The third kappa shape index (κ3) is 2.72. The zero-order valence-electron chi connectivity index (χ0n) is 12.5.